The lowest BCUT2D eigenvalue weighted by Gasteiger charge is -2.09. The van der Waals surface area contributed by atoms with E-state index >= 15 is 0 Å². The van der Waals surface area contributed by atoms with Crippen molar-refractivity contribution in [2.75, 3.05) is 64.0 Å². The lowest BCUT2D eigenvalue weighted by molar-refractivity contribution is -0.218. The molecule has 0 radical (unpaired) electrons. The third kappa shape index (κ3) is 552. The van der Waals surface area contributed by atoms with Crippen LogP contribution in [-0.2, 0) is 36.4 Å². The average Bonchev–Trinajstić information content (AvgIpc) is 2.91. The summed E-state index contributed by atoms with van der Waals surface area (Å²) in [4.78, 5) is 67.9. The predicted octanol–water partition coefficient (Wildman–Crippen LogP) is 1.56. The van der Waals surface area contributed by atoms with E-state index in [4.69, 9.17) is 45.1 Å². The maximum absolute atomic E-state index is 9.36. The molecular weight excluding hydrogens is 712 g/mol. The molecule has 9 N–H and O–H groups in total. The lowest BCUT2D eigenvalue weighted by atomic mass is 11.0. The van der Waals surface area contributed by atoms with Crippen molar-refractivity contribution < 1.29 is 101 Å². The van der Waals surface area contributed by atoms with Crippen LogP contribution in [0.5, 0.6) is 0 Å². The first-order valence-electron chi connectivity index (χ1n) is 8.86. The normalized spacial score (nSPS) is 11.3. The second kappa shape index (κ2) is 111. The molecule has 314 valence electrons. The minimum Gasteiger partial charge on any atom is -0.756 e. The van der Waals surface area contributed by atoms with Gasteiger partial charge in [0.15, 0.2) is 0 Å². The van der Waals surface area contributed by atoms with Gasteiger partial charge in [-0.1, -0.05) is 87.1 Å². The smallest absolute Gasteiger partial charge is 0.264 e. The van der Waals surface area contributed by atoms with E-state index < -0.39 is 31.3 Å². The number of phosphoric ester groups is 4. The highest BCUT2D eigenvalue weighted by Crippen LogP contribution is 2.28. The molecule has 0 amide bonds. The topological polar surface area (TPSA) is 380 Å². The van der Waals surface area contributed by atoms with Crippen molar-refractivity contribution in [2.24, 2.45) is 0 Å². The fourth-order valence-electron chi connectivity index (χ4n) is 0. The zero-order valence-electron chi connectivity index (χ0n) is 23.7. The summed E-state index contributed by atoms with van der Waals surface area (Å²) < 4.78 is 51.4. The van der Waals surface area contributed by atoms with E-state index in [2.05, 4.69) is 18.1 Å². The van der Waals surface area contributed by atoms with Crippen LogP contribution in [0.4, 0.5) is 0 Å². The Balaban J connectivity index is -0.0000000105. The maximum Gasteiger partial charge on any atom is 0.264 e. The maximum atomic E-state index is 9.36. The average molecular weight is 793 g/mol. The number of rotatable bonds is 4. The van der Waals surface area contributed by atoms with Crippen molar-refractivity contribution in [3.05, 3.63) is 0 Å². The molecule has 0 spiro atoms. The third-order valence-corrected chi connectivity index (χ3v) is 2.77. The van der Waals surface area contributed by atoms with Crippen LogP contribution in [0.25, 0.3) is 0 Å². The summed E-state index contributed by atoms with van der Waals surface area (Å²) in [5.41, 5.74) is 0. The Labute approximate surface area is 283 Å². The molecule has 0 aliphatic rings. The number of phosphoric acid groups is 4. The van der Waals surface area contributed by atoms with Crippen LogP contribution in [0.1, 0.15) is 87.1 Å². The van der Waals surface area contributed by atoms with Crippen LogP contribution in [0, 0.1) is 0 Å². The van der Waals surface area contributed by atoms with Crippen LogP contribution < -0.4 is 19.6 Å². The fraction of sp³-hybridized carbons (Fsp3) is 1.00. The van der Waals surface area contributed by atoms with Gasteiger partial charge in [-0.25, -0.2) is 0 Å². The first kappa shape index (κ1) is 128. The highest BCUT2D eigenvalue weighted by atomic mass is 31.2. The largest absolute Gasteiger partial charge is 0.756 e. The van der Waals surface area contributed by atoms with Gasteiger partial charge in [0.05, 0.1) is 0 Å². The van der Waals surface area contributed by atoms with Gasteiger partial charge < -0.3 is 82.8 Å². The summed E-state index contributed by atoms with van der Waals surface area (Å²) in [6.45, 7) is 8.00. The quantitative estimate of drug-likeness (QED) is 0.182. The van der Waals surface area contributed by atoms with Gasteiger partial charge in [0.2, 0.25) is 0 Å². The molecule has 0 aromatic heterocycles. The second-order valence-corrected chi connectivity index (χ2v) is 7.81. The Hall–Kier alpha value is 0.240. The van der Waals surface area contributed by atoms with Crippen molar-refractivity contribution in [2.45, 2.75) is 87.1 Å². The van der Waals surface area contributed by atoms with E-state index in [1.165, 1.54) is 0 Å². The molecule has 25 heteroatoms. The van der Waals surface area contributed by atoms with Crippen molar-refractivity contribution in [1.29, 1.82) is 0 Å². The highest BCUT2D eigenvalue weighted by Gasteiger charge is 1.92. The molecule has 0 aromatic carbocycles. The SMILES string of the molecule is C.C.C.C.C.C.C.C.CC.CC.CO.CO.CO.CO.CO.COP(=O)([O-])O.COP(=O)([O-])O.COP(=O)([O-])O.COP(=O)([O-])O. The number of aliphatic hydroxyl groups is 5. The zero-order valence-corrected chi connectivity index (χ0v) is 27.3. The zero-order chi connectivity index (χ0) is 34.8. The molecule has 0 heterocycles. The van der Waals surface area contributed by atoms with Crippen molar-refractivity contribution in [1.82, 2.24) is 0 Å². The van der Waals surface area contributed by atoms with Gasteiger partial charge in [0.25, 0.3) is 31.3 Å². The summed E-state index contributed by atoms with van der Waals surface area (Å²) in [7, 11) is -9.06. The molecule has 0 aromatic rings. The molecule has 0 saturated heterocycles. The van der Waals surface area contributed by atoms with Crippen LogP contribution in [0.3, 0.4) is 0 Å². The summed E-state index contributed by atoms with van der Waals surface area (Å²) in [6.07, 6.45) is 0. The Morgan fingerprint density at radius 1 is 0.326 bits per heavy atom. The van der Waals surface area contributed by atoms with Gasteiger partial charge in [0.1, 0.15) is 0 Å². The van der Waals surface area contributed by atoms with E-state index in [0.717, 1.165) is 64.0 Å². The van der Waals surface area contributed by atoms with Crippen molar-refractivity contribution >= 4 is 31.3 Å². The highest BCUT2D eigenvalue weighted by molar-refractivity contribution is 7.45. The molecule has 0 aliphatic carbocycles. The molecular formula is C21H80O21P4-4. The Morgan fingerprint density at radius 3 is 0.348 bits per heavy atom. The van der Waals surface area contributed by atoms with Gasteiger partial charge in [-0.05, 0) is 0 Å². The molecule has 0 rings (SSSR count). The fourth-order valence-corrected chi connectivity index (χ4v) is 0. The van der Waals surface area contributed by atoms with E-state index in [1.807, 2.05) is 27.7 Å². The summed E-state index contributed by atoms with van der Waals surface area (Å²) in [6, 6.07) is 0. The van der Waals surface area contributed by atoms with Crippen LogP contribution in [0.2, 0.25) is 0 Å². The molecule has 21 nitrogen and oxygen atoms in total. The standard InChI is InChI=1S/2C2H6.4CH5O4P.5CH4O.8CH4/c2*1-2;4*1-5-6(2,3)4;5*1-2;;;;;;;;/h2*1-2H3;4*1H3,(H2,2,3,4);5*2H,1H3;8*1H4/p-4. The number of hydrogen-bond donors (Lipinski definition) is 9. The Bertz CT molecular complexity index is 406. The Kier molecular flexibility index (Phi) is 308. The predicted molar refractivity (Wildman–Crippen MR) is 185 cm³/mol. The van der Waals surface area contributed by atoms with Crippen LogP contribution >= 0.6 is 31.3 Å². The molecule has 4 atom stereocenters. The molecule has 0 aliphatic heterocycles. The minimum atomic E-state index is -4.40. The van der Waals surface area contributed by atoms with E-state index in [-0.39, 0.29) is 59.4 Å². The first-order chi connectivity index (χ1) is 17.2. The third-order valence-electron chi connectivity index (χ3n) is 0.923. The molecule has 0 saturated carbocycles. The minimum absolute atomic E-state index is 0. The number of hydrogen-bond acceptors (Lipinski definition) is 17. The monoisotopic (exact) mass is 792 g/mol. The van der Waals surface area contributed by atoms with E-state index in [0.29, 0.717) is 0 Å². The van der Waals surface area contributed by atoms with E-state index in [1.54, 1.807) is 0 Å². The van der Waals surface area contributed by atoms with Gasteiger partial charge in [-0.2, -0.15) is 0 Å². The Morgan fingerprint density at radius 2 is 0.348 bits per heavy atom. The lowest BCUT2D eigenvalue weighted by Crippen LogP contribution is -1.99. The van der Waals surface area contributed by atoms with Crippen LogP contribution in [-0.4, -0.2) is 109 Å². The van der Waals surface area contributed by atoms with Crippen molar-refractivity contribution in [3.63, 3.8) is 0 Å². The van der Waals surface area contributed by atoms with Gasteiger partial charge >= 0.3 is 0 Å². The second-order valence-electron chi connectivity index (χ2n) is 2.60. The summed E-state index contributed by atoms with van der Waals surface area (Å²) in [5.74, 6) is 0. The molecule has 46 heavy (non-hydrogen) atoms. The van der Waals surface area contributed by atoms with Gasteiger partial charge in [-0.15, -0.1) is 0 Å². The number of aliphatic hydroxyl groups excluding tert-OH is 5. The summed E-state index contributed by atoms with van der Waals surface area (Å²) >= 11 is 0. The molecule has 0 fully saturated rings. The van der Waals surface area contributed by atoms with E-state index in [9.17, 15) is 37.8 Å². The molecule has 4 unspecified atom stereocenters. The van der Waals surface area contributed by atoms with Crippen LogP contribution in [0.15, 0.2) is 0 Å². The summed E-state index contributed by atoms with van der Waals surface area (Å²) in [5, 5.41) is 35.0. The van der Waals surface area contributed by atoms with Crippen molar-refractivity contribution in [3.8, 4) is 0 Å². The molecule has 0 bridgehead atoms. The first-order valence-corrected chi connectivity index (χ1v) is 14.8. The van der Waals surface area contributed by atoms with Gasteiger partial charge in [0, 0.05) is 64.0 Å². The van der Waals surface area contributed by atoms with Gasteiger partial charge in [-0.3, -0.25) is 18.3 Å².